The van der Waals surface area contributed by atoms with Crippen LogP contribution in [0.5, 0.6) is 0 Å². The van der Waals surface area contributed by atoms with E-state index in [0.29, 0.717) is 6.61 Å². The van der Waals surface area contributed by atoms with Crippen LogP contribution in [0.3, 0.4) is 0 Å². The number of benzene rings is 1. The lowest BCUT2D eigenvalue weighted by Crippen LogP contribution is -2.05. The predicted molar refractivity (Wildman–Crippen MR) is 65.2 cm³/mol. The van der Waals surface area contributed by atoms with Crippen molar-refractivity contribution in [2.45, 2.75) is 13.5 Å². The van der Waals surface area contributed by atoms with E-state index in [4.69, 9.17) is 4.74 Å². The van der Waals surface area contributed by atoms with E-state index in [9.17, 15) is 10.1 Å². The molecule has 0 bridgehead atoms. The maximum atomic E-state index is 10.7. The van der Waals surface area contributed by atoms with E-state index in [1.165, 1.54) is 6.07 Å². The molecule has 2 rings (SSSR count). The number of aryl methyl sites for hydroxylation is 1. The predicted octanol–water partition coefficient (Wildman–Crippen LogP) is 2.50. The van der Waals surface area contributed by atoms with E-state index in [1.807, 2.05) is 13.0 Å². The van der Waals surface area contributed by atoms with Crippen molar-refractivity contribution in [2.75, 3.05) is 13.7 Å². The van der Waals surface area contributed by atoms with E-state index in [-0.39, 0.29) is 10.6 Å². The fourth-order valence-electron chi connectivity index (χ4n) is 1.99. The number of non-ortho nitro benzene ring substituents is 1. The topological polar surface area (TPSA) is 57.3 Å². The molecular weight excluding hydrogens is 220 g/mol. The Morgan fingerprint density at radius 2 is 2.18 bits per heavy atom. The van der Waals surface area contributed by atoms with Gasteiger partial charge in [0.05, 0.1) is 11.5 Å². The molecule has 0 aliphatic carbocycles. The minimum Gasteiger partial charge on any atom is -0.383 e. The Kier molecular flexibility index (Phi) is 3.10. The van der Waals surface area contributed by atoms with Gasteiger partial charge in [0.1, 0.15) is 0 Å². The summed E-state index contributed by atoms with van der Waals surface area (Å²) in [6.07, 6.45) is 0. The maximum absolute atomic E-state index is 10.7. The average Bonchev–Trinajstić information content (AvgIpc) is 2.61. The molecule has 0 aliphatic rings. The Labute approximate surface area is 98.8 Å². The van der Waals surface area contributed by atoms with Crippen molar-refractivity contribution >= 4 is 16.6 Å². The summed E-state index contributed by atoms with van der Waals surface area (Å²) in [5.41, 5.74) is 2.21. The molecule has 1 aromatic heterocycles. The van der Waals surface area contributed by atoms with Crippen molar-refractivity contribution < 1.29 is 9.66 Å². The number of nitro benzene ring substituents is 1. The van der Waals surface area contributed by atoms with Crippen LogP contribution in [0.25, 0.3) is 10.9 Å². The van der Waals surface area contributed by atoms with Crippen LogP contribution in [0.1, 0.15) is 5.69 Å². The zero-order chi connectivity index (χ0) is 12.4. The van der Waals surface area contributed by atoms with Gasteiger partial charge in [-0.15, -0.1) is 0 Å². The molecule has 0 radical (unpaired) electrons. The summed E-state index contributed by atoms with van der Waals surface area (Å²) in [7, 11) is 1.66. The zero-order valence-corrected chi connectivity index (χ0v) is 9.84. The van der Waals surface area contributed by atoms with Gasteiger partial charge in [0.25, 0.3) is 5.69 Å². The van der Waals surface area contributed by atoms with E-state index < -0.39 is 0 Å². The van der Waals surface area contributed by atoms with Crippen molar-refractivity contribution in [3.8, 4) is 0 Å². The molecule has 1 aromatic carbocycles. The molecule has 0 aliphatic heterocycles. The summed E-state index contributed by atoms with van der Waals surface area (Å²) < 4.78 is 7.15. The molecule has 1 heterocycles. The van der Waals surface area contributed by atoms with Gasteiger partial charge in [-0.2, -0.15) is 0 Å². The highest BCUT2D eigenvalue weighted by molar-refractivity contribution is 5.83. The first kappa shape index (κ1) is 11.6. The Bertz CT molecular complexity index is 560. The molecule has 0 fully saturated rings. The molecule has 0 N–H and O–H groups in total. The monoisotopic (exact) mass is 234 g/mol. The first-order chi connectivity index (χ1) is 8.13. The number of methoxy groups -OCH3 is 1. The fraction of sp³-hybridized carbons (Fsp3) is 0.333. The first-order valence-electron chi connectivity index (χ1n) is 5.36. The van der Waals surface area contributed by atoms with Gasteiger partial charge in [-0.3, -0.25) is 10.1 Å². The number of fused-ring (bicyclic) bond motifs is 1. The van der Waals surface area contributed by atoms with Gasteiger partial charge in [0, 0.05) is 42.4 Å². The van der Waals surface area contributed by atoms with Crippen LogP contribution in [0.15, 0.2) is 24.3 Å². The molecule has 0 atom stereocenters. The van der Waals surface area contributed by atoms with E-state index in [0.717, 1.165) is 23.1 Å². The lowest BCUT2D eigenvalue weighted by atomic mass is 10.2. The summed E-state index contributed by atoms with van der Waals surface area (Å²) in [6.45, 7) is 3.37. The number of ether oxygens (including phenoxy) is 1. The third-order valence-electron chi connectivity index (χ3n) is 2.82. The highest BCUT2D eigenvalue weighted by atomic mass is 16.6. The van der Waals surface area contributed by atoms with Crippen LogP contribution in [0.2, 0.25) is 0 Å². The minimum atomic E-state index is -0.374. The Morgan fingerprint density at radius 3 is 2.82 bits per heavy atom. The molecule has 5 heteroatoms. The summed E-state index contributed by atoms with van der Waals surface area (Å²) in [6, 6.07) is 6.88. The second kappa shape index (κ2) is 4.55. The second-order valence-corrected chi connectivity index (χ2v) is 3.93. The number of rotatable bonds is 4. The molecule has 5 nitrogen and oxygen atoms in total. The Hall–Kier alpha value is -1.88. The normalized spacial score (nSPS) is 10.9. The van der Waals surface area contributed by atoms with Crippen molar-refractivity contribution in [1.29, 1.82) is 0 Å². The molecule has 0 unspecified atom stereocenters. The molecular formula is C12H14N2O3. The number of nitrogens with zero attached hydrogens (tertiary/aromatic N) is 2. The summed E-state index contributed by atoms with van der Waals surface area (Å²) in [5, 5.41) is 11.6. The number of hydrogen-bond acceptors (Lipinski definition) is 3. The number of hydrogen-bond donors (Lipinski definition) is 0. The largest absolute Gasteiger partial charge is 0.383 e. The van der Waals surface area contributed by atoms with Crippen molar-refractivity contribution in [3.05, 3.63) is 40.1 Å². The first-order valence-corrected chi connectivity index (χ1v) is 5.36. The van der Waals surface area contributed by atoms with Crippen molar-refractivity contribution in [3.63, 3.8) is 0 Å². The van der Waals surface area contributed by atoms with Crippen LogP contribution < -0.4 is 0 Å². The third kappa shape index (κ3) is 2.14. The SMILES string of the molecule is COCCn1c(C)cc2cc([N+](=O)[O-])ccc21. The van der Waals surface area contributed by atoms with Crippen molar-refractivity contribution in [1.82, 2.24) is 4.57 Å². The van der Waals surface area contributed by atoms with Gasteiger partial charge < -0.3 is 9.30 Å². The summed E-state index contributed by atoms with van der Waals surface area (Å²) in [4.78, 5) is 10.3. The van der Waals surface area contributed by atoms with E-state index in [2.05, 4.69) is 4.57 Å². The number of nitro groups is 1. The lowest BCUT2D eigenvalue weighted by molar-refractivity contribution is -0.384. The smallest absolute Gasteiger partial charge is 0.270 e. The van der Waals surface area contributed by atoms with Crippen molar-refractivity contribution in [2.24, 2.45) is 0 Å². The van der Waals surface area contributed by atoms with Crippen LogP contribution >= 0.6 is 0 Å². The Balaban J connectivity index is 2.48. The summed E-state index contributed by atoms with van der Waals surface area (Å²) in [5.74, 6) is 0. The van der Waals surface area contributed by atoms with Gasteiger partial charge in [-0.25, -0.2) is 0 Å². The van der Waals surface area contributed by atoms with E-state index >= 15 is 0 Å². The third-order valence-corrected chi connectivity index (χ3v) is 2.82. The standard InChI is InChI=1S/C12H14N2O3/c1-9-7-10-8-11(14(15)16)3-4-12(10)13(9)5-6-17-2/h3-4,7-8H,5-6H2,1-2H3. The van der Waals surface area contributed by atoms with Crippen LogP contribution in [0, 0.1) is 17.0 Å². The summed E-state index contributed by atoms with van der Waals surface area (Å²) >= 11 is 0. The lowest BCUT2D eigenvalue weighted by Gasteiger charge is -2.06. The minimum absolute atomic E-state index is 0.126. The average molecular weight is 234 g/mol. The number of aromatic nitrogens is 1. The molecule has 17 heavy (non-hydrogen) atoms. The van der Waals surface area contributed by atoms with Gasteiger partial charge in [-0.1, -0.05) is 0 Å². The van der Waals surface area contributed by atoms with Gasteiger partial charge in [-0.05, 0) is 19.1 Å². The van der Waals surface area contributed by atoms with Crippen LogP contribution in [-0.2, 0) is 11.3 Å². The van der Waals surface area contributed by atoms with E-state index in [1.54, 1.807) is 19.2 Å². The highest BCUT2D eigenvalue weighted by Crippen LogP contribution is 2.24. The molecule has 90 valence electrons. The van der Waals surface area contributed by atoms with Gasteiger partial charge in [0.15, 0.2) is 0 Å². The molecule has 2 aromatic rings. The van der Waals surface area contributed by atoms with Gasteiger partial charge in [0.2, 0.25) is 0 Å². The second-order valence-electron chi connectivity index (χ2n) is 3.93. The van der Waals surface area contributed by atoms with Crippen LogP contribution in [0.4, 0.5) is 5.69 Å². The highest BCUT2D eigenvalue weighted by Gasteiger charge is 2.10. The Morgan fingerprint density at radius 1 is 1.41 bits per heavy atom. The zero-order valence-electron chi connectivity index (χ0n) is 9.84. The molecule has 0 spiro atoms. The van der Waals surface area contributed by atoms with Gasteiger partial charge >= 0.3 is 0 Å². The molecule has 0 saturated heterocycles. The molecule has 0 saturated carbocycles. The maximum Gasteiger partial charge on any atom is 0.270 e. The quantitative estimate of drug-likeness (QED) is 0.603. The van der Waals surface area contributed by atoms with Crippen LogP contribution in [-0.4, -0.2) is 23.2 Å². The molecule has 0 amide bonds. The fourth-order valence-corrected chi connectivity index (χ4v) is 1.99.